The highest BCUT2D eigenvalue weighted by Crippen LogP contribution is 2.15. The highest BCUT2D eigenvalue weighted by Gasteiger charge is 2.13. The van der Waals surface area contributed by atoms with Crippen LogP contribution in [-0.2, 0) is 6.54 Å². The molecule has 0 aliphatic rings. The van der Waals surface area contributed by atoms with Crippen LogP contribution in [0.15, 0.2) is 9.59 Å². The van der Waals surface area contributed by atoms with Gasteiger partial charge in [-0.15, -0.1) is 0 Å². The molecule has 2 rings (SSSR count). The first-order chi connectivity index (χ1) is 8.52. The molecule has 2 aromatic rings. The average Bonchev–Trinajstić information content (AvgIpc) is 2.64. The highest BCUT2D eigenvalue weighted by molar-refractivity contribution is 5.73. The smallest absolute Gasteiger partial charge is 0.327 e. The molecule has 0 aliphatic heterocycles. The van der Waals surface area contributed by atoms with Gasteiger partial charge in [-0.25, -0.2) is 9.78 Å². The van der Waals surface area contributed by atoms with Crippen molar-refractivity contribution in [1.82, 2.24) is 19.5 Å². The molecule has 0 saturated heterocycles. The van der Waals surface area contributed by atoms with Gasteiger partial charge in [0.25, 0.3) is 5.56 Å². The van der Waals surface area contributed by atoms with E-state index in [1.165, 1.54) is 0 Å². The number of hydrogen-bond acceptors (Lipinski definition) is 4. The van der Waals surface area contributed by atoms with Crippen LogP contribution in [-0.4, -0.2) is 26.6 Å². The summed E-state index contributed by atoms with van der Waals surface area (Å²) < 4.78 is 1.83. The Morgan fingerprint density at radius 2 is 2.06 bits per heavy atom. The Hall–Kier alpha value is -2.05. The molecule has 0 fully saturated rings. The molecular weight excluding hydrogens is 234 g/mol. The minimum atomic E-state index is -0.513. The number of nitrogens with zero attached hydrogens (tertiary/aromatic N) is 2. The van der Waals surface area contributed by atoms with Crippen LogP contribution in [0.25, 0.3) is 11.2 Å². The number of imidazole rings is 1. The third-order valence-electron chi connectivity index (χ3n) is 2.80. The summed E-state index contributed by atoms with van der Waals surface area (Å²) in [5.41, 5.74) is -0.258. The van der Waals surface area contributed by atoms with Crippen LogP contribution < -0.4 is 16.6 Å². The van der Waals surface area contributed by atoms with Gasteiger partial charge in [0.15, 0.2) is 5.52 Å². The zero-order valence-corrected chi connectivity index (χ0v) is 10.7. The molecule has 0 bridgehead atoms. The number of aromatic nitrogens is 4. The van der Waals surface area contributed by atoms with Gasteiger partial charge >= 0.3 is 5.69 Å². The van der Waals surface area contributed by atoms with Crippen molar-refractivity contribution in [2.24, 2.45) is 5.92 Å². The van der Waals surface area contributed by atoms with Crippen molar-refractivity contribution in [3.05, 3.63) is 20.8 Å². The monoisotopic (exact) mass is 251 g/mol. The normalized spacial score (nSPS) is 11.3. The van der Waals surface area contributed by atoms with E-state index in [9.17, 15) is 9.59 Å². The van der Waals surface area contributed by atoms with Gasteiger partial charge in [-0.1, -0.05) is 13.8 Å². The van der Waals surface area contributed by atoms with E-state index >= 15 is 0 Å². The van der Waals surface area contributed by atoms with Crippen molar-refractivity contribution in [3.63, 3.8) is 0 Å². The van der Waals surface area contributed by atoms with Gasteiger partial charge in [0.1, 0.15) is 5.65 Å². The number of aromatic amines is 2. The van der Waals surface area contributed by atoms with Gasteiger partial charge in [0.2, 0.25) is 5.95 Å². The third-order valence-corrected chi connectivity index (χ3v) is 2.80. The van der Waals surface area contributed by atoms with Crippen LogP contribution in [0.2, 0.25) is 0 Å². The molecular formula is C11H17N5O2. The van der Waals surface area contributed by atoms with Crippen molar-refractivity contribution in [2.75, 3.05) is 12.4 Å². The lowest BCUT2D eigenvalue weighted by molar-refractivity contribution is 0.524. The van der Waals surface area contributed by atoms with Crippen molar-refractivity contribution in [2.45, 2.75) is 26.8 Å². The van der Waals surface area contributed by atoms with Crippen LogP contribution in [0.1, 0.15) is 20.3 Å². The molecule has 0 radical (unpaired) electrons. The molecule has 2 aromatic heterocycles. The molecule has 2 heterocycles. The topological polar surface area (TPSA) is 95.6 Å². The Kier molecular flexibility index (Phi) is 3.22. The number of hydrogen-bond donors (Lipinski definition) is 3. The molecule has 0 aliphatic carbocycles. The van der Waals surface area contributed by atoms with E-state index in [4.69, 9.17) is 0 Å². The summed E-state index contributed by atoms with van der Waals surface area (Å²) in [4.78, 5) is 31.9. The Morgan fingerprint density at radius 3 is 2.67 bits per heavy atom. The lowest BCUT2D eigenvalue weighted by Crippen LogP contribution is -2.22. The Balaban J connectivity index is 2.61. The molecule has 0 saturated carbocycles. The standard InChI is InChI=1S/C11H17N5O2/c1-6(2)4-5-16-8-7(13-10(16)12-3)9(17)15-11(18)14-8/h6H,4-5H2,1-3H3,(H,12,13)(H2,14,15,17,18). The largest absolute Gasteiger partial charge is 0.359 e. The van der Waals surface area contributed by atoms with Crippen LogP contribution in [0.5, 0.6) is 0 Å². The highest BCUT2D eigenvalue weighted by atomic mass is 16.2. The summed E-state index contributed by atoms with van der Waals surface area (Å²) in [6, 6.07) is 0. The number of nitrogens with one attached hydrogen (secondary N) is 3. The Labute approximate surface area is 103 Å². The third kappa shape index (κ3) is 2.15. The van der Waals surface area contributed by atoms with E-state index in [-0.39, 0.29) is 5.52 Å². The molecule has 0 spiro atoms. The second-order valence-corrected chi connectivity index (χ2v) is 4.63. The zero-order valence-electron chi connectivity index (χ0n) is 10.7. The summed E-state index contributed by atoms with van der Waals surface area (Å²) in [5, 5.41) is 2.93. The second-order valence-electron chi connectivity index (χ2n) is 4.63. The van der Waals surface area contributed by atoms with Gasteiger partial charge in [-0.05, 0) is 12.3 Å². The number of fused-ring (bicyclic) bond motifs is 1. The number of rotatable bonds is 4. The summed E-state index contributed by atoms with van der Waals surface area (Å²) in [5.74, 6) is 1.11. The Bertz CT molecular complexity index is 664. The maximum atomic E-state index is 11.6. The van der Waals surface area contributed by atoms with Crippen molar-refractivity contribution >= 4 is 17.1 Å². The minimum absolute atomic E-state index is 0.253. The van der Waals surface area contributed by atoms with E-state index in [0.29, 0.717) is 24.1 Å². The number of aryl methyl sites for hydroxylation is 1. The summed E-state index contributed by atoms with van der Waals surface area (Å²) in [6.07, 6.45) is 0.939. The van der Waals surface area contributed by atoms with E-state index in [1.807, 2.05) is 4.57 Å². The summed E-state index contributed by atoms with van der Waals surface area (Å²) in [6.45, 7) is 4.94. The van der Waals surface area contributed by atoms with Gasteiger partial charge in [-0.3, -0.25) is 19.3 Å². The van der Waals surface area contributed by atoms with Crippen LogP contribution in [0, 0.1) is 5.92 Å². The lowest BCUT2D eigenvalue weighted by atomic mass is 10.1. The molecule has 0 aromatic carbocycles. The fourth-order valence-electron chi connectivity index (χ4n) is 1.83. The van der Waals surface area contributed by atoms with Crippen molar-refractivity contribution in [3.8, 4) is 0 Å². The average molecular weight is 251 g/mol. The van der Waals surface area contributed by atoms with Crippen molar-refractivity contribution < 1.29 is 0 Å². The summed E-state index contributed by atoms with van der Waals surface area (Å²) in [7, 11) is 1.74. The molecule has 0 amide bonds. The molecule has 7 heteroatoms. The predicted octanol–water partition coefficient (Wildman–Crippen LogP) is 0.501. The van der Waals surface area contributed by atoms with Crippen LogP contribution >= 0.6 is 0 Å². The molecule has 18 heavy (non-hydrogen) atoms. The van der Waals surface area contributed by atoms with Gasteiger partial charge < -0.3 is 5.32 Å². The van der Waals surface area contributed by atoms with Crippen LogP contribution in [0.3, 0.4) is 0 Å². The van der Waals surface area contributed by atoms with E-state index in [1.54, 1.807) is 7.05 Å². The summed E-state index contributed by atoms with van der Waals surface area (Å²) >= 11 is 0. The number of anilines is 1. The quantitative estimate of drug-likeness (QED) is 0.737. The first kappa shape index (κ1) is 12.4. The molecule has 0 unspecified atom stereocenters. The molecule has 0 atom stereocenters. The van der Waals surface area contributed by atoms with Crippen LogP contribution in [0.4, 0.5) is 5.95 Å². The first-order valence-corrected chi connectivity index (χ1v) is 5.93. The minimum Gasteiger partial charge on any atom is -0.359 e. The zero-order chi connectivity index (χ0) is 13.3. The molecule has 3 N–H and O–H groups in total. The lowest BCUT2D eigenvalue weighted by Gasteiger charge is -2.09. The first-order valence-electron chi connectivity index (χ1n) is 5.93. The van der Waals surface area contributed by atoms with Gasteiger partial charge in [-0.2, -0.15) is 0 Å². The maximum Gasteiger partial charge on any atom is 0.327 e. The number of H-pyrrole nitrogens is 2. The Morgan fingerprint density at radius 1 is 1.33 bits per heavy atom. The fraction of sp³-hybridized carbons (Fsp3) is 0.545. The maximum absolute atomic E-state index is 11.6. The SMILES string of the molecule is CNc1nc2c(=O)[nH]c(=O)[nH]c2n1CCC(C)C. The van der Waals surface area contributed by atoms with Gasteiger partial charge in [0.05, 0.1) is 0 Å². The van der Waals surface area contributed by atoms with Gasteiger partial charge in [0, 0.05) is 13.6 Å². The van der Waals surface area contributed by atoms with E-state index < -0.39 is 11.2 Å². The van der Waals surface area contributed by atoms with E-state index in [2.05, 4.69) is 34.1 Å². The predicted molar refractivity (Wildman–Crippen MR) is 70.0 cm³/mol. The molecule has 98 valence electrons. The fourth-order valence-corrected chi connectivity index (χ4v) is 1.83. The molecule has 7 nitrogen and oxygen atoms in total. The van der Waals surface area contributed by atoms with E-state index in [0.717, 1.165) is 6.42 Å². The van der Waals surface area contributed by atoms with Crippen molar-refractivity contribution in [1.29, 1.82) is 0 Å². The second kappa shape index (κ2) is 4.67.